The molecule has 1 fully saturated rings. The Kier molecular flexibility index (Phi) is 6.72. The number of rotatable bonds is 10. The molecule has 2 aliphatic rings. The number of hydrogen-bond acceptors (Lipinski definition) is 3. The van der Waals surface area contributed by atoms with Crippen LogP contribution in [0.4, 0.5) is 0 Å². The zero-order valence-corrected chi connectivity index (χ0v) is 13.8. The fraction of sp³-hybridized carbons (Fsp3) is 0.889. The van der Waals surface area contributed by atoms with E-state index in [0.717, 1.165) is 26.0 Å². The van der Waals surface area contributed by atoms with E-state index in [9.17, 15) is 5.11 Å². The van der Waals surface area contributed by atoms with E-state index < -0.39 is 0 Å². The summed E-state index contributed by atoms with van der Waals surface area (Å²) in [6.07, 6.45) is 11.7. The number of aliphatic hydroxyl groups excluding tert-OH is 1. The summed E-state index contributed by atoms with van der Waals surface area (Å²) in [4.78, 5) is 0. The van der Waals surface area contributed by atoms with Crippen molar-refractivity contribution in [2.45, 2.75) is 58.5 Å². The van der Waals surface area contributed by atoms with Crippen LogP contribution in [-0.4, -0.2) is 37.5 Å². The molecule has 0 bridgehead atoms. The zero-order valence-electron chi connectivity index (χ0n) is 13.8. The maximum atomic E-state index is 9.99. The van der Waals surface area contributed by atoms with Gasteiger partial charge in [0.1, 0.15) is 0 Å². The van der Waals surface area contributed by atoms with E-state index >= 15 is 0 Å². The lowest BCUT2D eigenvalue weighted by Crippen LogP contribution is -2.34. The van der Waals surface area contributed by atoms with Crippen molar-refractivity contribution in [1.29, 1.82) is 0 Å². The molecule has 3 atom stereocenters. The third-order valence-electron chi connectivity index (χ3n) is 5.18. The van der Waals surface area contributed by atoms with Crippen molar-refractivity contribution >= 4 is 0 Å². The van der Waals surface area contributed by atoms with Gasteiger partial charge >= 0.3 is 0 Å². The molecular formula is C18H33NO2. The molecule has 3 unspecified atom stereocenters. The minimum absolute atomic E-state index is 0.378. The smallest absolute Gasteiger partial charge is 0.0897 e. The monoisotopic (exact) mass is 295 g/mol. The molecule has 21 heavy (non-hydrogen) atoms. The summed E-state index contributed by atoms with van der Waals surface area (Å²) in [6, 6.07) is 0. The normalized spacial score (nSPS) is 28.5. The van der Waals surface area contributed by atoms with E-state index in [4.69, 9.17) is 4.74 Å². The molecule has 2 rings (SSSR count). The molecule has 0 spiro atoms. The highest BCUT2D eigenvalue weighted by Crippen LogP contribution is 2.48. The van der Waals surface area contributed by atoms with Crippen molar-refractivity contribution in [3.63, 3.8) is 0 Å². The van der Waals surface area contributed by atoms with Gasteiger partial charge in [-0.1, -0.05) is 32.4 Å². The summed E-state index contributed by atoms with van der Waals surface area (Å²) in [5.41, 5.74) is 0.555. The number of allylic oxidation sites excluding steroid dienone is 2. The molecule has 0 aromatic carbocycles. The zero-order chi connectivity index (χ0) is 15.1. The van der Waals surface area contributed by atoms with Crippen molar-refractivity contribution < 1.29 is 9.84 Å². The molecule has 3 nitrogen and oxygen atoms in total. The summed E-state index contributed by atoms with van der Waals surface area (Å²) < 4.78 is 5.73. The number of aliphatic hydroxyl groups is 1. The van der Waals surface area contributed by atoms with Gasteiger partial charge in [-0.25, -0.2) is 0 Å². The molecule has 0 amide bonds. The Morgan fingerprint density at radius 2 is 2.10 bits per heavy atom. The average Bonchev–Trinajstić information content (AvgIpc) is 3.21. The summed E-state index contributed by atoms with van der Waals surface area (Å²) in [5, 5.41) is 13.4. The van der Waals surface area contributed by atoms with Crippen LogP contribution >= 0.6 is 0 Å². The fourth-order valence-electron chi connectivity index (χ4n) is 3.38. The molecule has 0 aromatic rings. The Morgan fingerprint density at radius 1 is 1.33 bits per heavy atom. The van der Waals surface area contributed by atoms with Crippen LogP contribution in [0.15, 0.2) is 12.2 Å². The quantitative estimate of drug-likeness (QED) is 0.608. The Labute approximate surface area is 130 Å². The summed E-state index contributed by atoms with van der Waals surface area (Å²) in [6.45, 7) is 7.50. The molecule has 0 aromatic heterocycles. The van der Waals surface area contributed by atoms with Crippen LogP contribution in [0.25, 0.3) is 0 Å². The van der Waals surface area contributed by atoms with E-state index in [0.29, 0.717) is 30.4 Å². The van der Waals surface area contributed by atoms with Crippen LogP contribution in [0.2, 0.25) is 0 Å². The van der Waals surface area contributed by atoms with Gasteiger partial charge in [-0.15, -0.1) is 0 Å². The van der Waals surface area contributed by atoms with Crippen molar-refractivity contribution in [1.82, 2.24) is 5.32 Å². The van der Waals surface area contributed by atoms with Gasteiger partial charge in [0.15, 0.2) is 0 Å². The van der Waals surface area contributed by atoms with Gasteiger partial charge in [0, 0.05) is 13.1 Å². The van der Waals surface area contributed by atoms with Crippen LogP contribution in [0.1, 0.15) is 52.4 Å². The maximum Gasteiger partial charge on any atom is 0.0897 e. The van der Waals surface area contributed by atoms with Gasteiger partial charge in [-0.2, -0.15) is 0 Å². The molecular weight excluding hydrogens is 262 g/mol. The van der Waals surface area contributed by atoms with E-state index in [1.165, 1.54) is 25.7 Å². The minimum Gasteiger partial charge on any atom is -0.389 e. The van der Waals surface area contributed by atoms with Gasteiger partial charge in [-0.3, -0.25) is 0 Å². The summed E-state index contributed by atoms with van der Waals surface area (Å²) in [5.74, 6) is 1.32. The van der Waals surface area contributed by atoms with Gasteiger partial charge in [0.25, 0.3) is 0 Å². The number of ether oxygens (including phenoxy) is 1. The second-order valence-electron chi connectivity index (χ2n) is 7.25. The second-order valence-corrected chi connectivity index (χ2v) is 7.25. The molecule has 1 saturated carbocycles. The predicted molar refractivity (Wildman–Crippen MR) is 87.3 cm³/mol. The molecule has 0 radical (unpaired) electrons. The van der Waals surface area contributed by atoms with E-state index in [-0.39, 0.29) is 6.10 Å². The predicted octanol–water partition coefficient (Wildman–Crippen LogP) is 3.14. The van der Waals surface area contributed by atoms with Gasteiger partial charge in [-0.05, 0) is 49.4 Å². The summed E-state index contributed by atoms with van der Waals surface area (Å²) >= 11 is 0. The molecule has 2 aliphatic carbocycles. The Bertz CT molecular complexity index is 325. The first kappa shape index (κ1) is 17.0. The van der Waals surface area contributed by atoms with Gasteiger partial charge in [0.2, 0.25) is 0 Å². The van der Waals surface area contributed by atoms with E-state index in [1.54, 1.807) is 0 Å². The lowest BCUT2D eigenvalue weighted by molar-refractivity contribution is 0.0124. The third-order valence-corrected chi connectivity index (χ3v) is 5.18. The molecule has 122 valence electrons. The molecule has 3 heteroatoms. The Morgan fingerprint density at radius 3 is 2.76 bits per heavy atom. The number of nitrogens with one attached hydrogen (secondary N) is 1. The lowest BCUT2D eigenvalue weighted by Gasteiger charge is -2.25. The second kappa shape index (κ2) is 8.30. The SMILES string of the molecule is CCCC1(CNCC(O)COCC2CC=CCC2C)CC1. The van der Waals surface area contributed by atoms with Crippen molar-refractivity contribution in [2.24, 2.45) is 17.3 Å². The average molecular weight is 295 g/mol. The highest BCUT2D eigenvalue weighted by molar-refractivity contribution is 4.94. The van der Waals surface area contributed by atoms with Gasteiger partial charge < -0.3 is 15.2 Å². The molecule has 2 N–H and O–H groups in total. The molecule has 0 aliphatic heterocycles. The topological polar surface area (TPSA) is 41.5 Å². The van der Waals surface area contributed by atoms with Crippen molar-refractivity contribution in [3.8, 4) is 0 Å². The third kappa shape index (κ3) is 5.72. The minimum atomic E-state index is -0.378. The highest BCUT2D eigenvalue weighted by atomic mass is 16.5. The first-order chi connectivity index (χ1) is 10.2. The lowest BCUT2D eigenvalue weighted by atomic mass is 9.85. The van der Waals surface area contributed by atoms with Crippen LogP contribution < -0.4 is 5.32 Å². The van der Waals surface area contributed by atoms with Crippen LogP contribution in [0.3, 0.4) is 0 Å². The molecule has 0 saturated heterocycles. The van der Waals surface area contributed by atoms with Crippen LogP contribution in [-0.2, 0) is 4.74 Å². The maximum absolute atomic E-state index is 9.99. The Balaban J connectivity index is 1.51. The van der Waals surface area contributed by atoms with Crippen LogP contribution in [0.5, 0.6) is 0 Å². The standard InChI is InChI=1S/C18H33NO2/c1-3-8-18(9-10-18)14-19-11-17(20)13-21-12-16-7-5-4-6-15(16)2/h4-5,15-17,19-20H,3,6-14H2,1-2H3. The fourth-order valence-corrected chi connectivity index (χ4v) is 3.38. The Hall–Kier alpha value is -0.380. The van der Waals surface area contributed by atoms with Gasteiger partial charge in [0.05, 0.1) is 19.3 Å². The number of hydrogen-bond donors (Lipinski definition) is 2. The first-order valence-electron chi connectivity index (χ1n) is 8.77. The van der Waals surface area contributed by atoms with Crippen LogP contribution in [0, 0.1) is 17.3 Å². The first-order valence-corrected chi connectivity index (χ1v) is 8.77. The molecule has 0 heterocycles. The van der Waals surface area contributed by atoms with Crippen molar-refractivity contribution in [2.75, 3.05) is 26.3 Å². The highest BCUT2D eigenvalue weighted by Gasteiger charge is 2.40. The van der Waals surface area contributed by atoms with E-state index in [2.05, 4.69) is 31.3 Å². The summed E-state index contributed by atoms with van der Waals surface area (Å²) in [7, 11) is 0. The largest absolute Gasteiger partial charge is 0.389 e. The van der Waals surface area contributed by atoms with Crippen molar-refractivity contribution in [3.05, 3.63) is 12.2 Å². The van der Waals surface area contributed by atoms with E-state index in [1.807, 2.05) is 0 Å².